The lowest BCUT2D eigenvalue weighted by molar-refractivity contribution is 0.730. The topological polar surface area (TPSA) is 73.4 Å². The molecule has 1 aromatic carbocycles. The van der Waals surface area contributed by atoms with Gasteiger partial charge in [0.2, 0.25) is 0 Å². The number of hydrogen-bond acceptors (Lipinski definition) is 5. The molecule has 2 N–H and O–H groups in total. The van der Waals surface area contributed by atoms with Crippen LogP contribution in [0.4, 0.5) is 11.5 Å². The first-order chi connectivity index (χ1) is 12.6. The van der Waals surface area contributed by atoms with Gasteiger partial charge in [-0.25, -0.2) is 4.79 Å². The van der Waals surface area contributed by atoms with Gasteiger partial charge in [0.25, 0.3) is 0 Å². The van der Waals surface area contributed by atoms with Crippen molar-refractivity contribution in [3.63, 3.8) is 0 Å². The number of aryl methyl sites for hydroxylation is 1. The van der Waals surface area contributed by atoms with Crippen LogP contribution in [-0.4, -0.2) is 29.3 Å². The summed E-state index contributed by atoms with van der Waals surface area (Å²) in [5.41, 5.74) is 5.29. The Kier molecular flexibility index (Phi) is 9.75. The molecular formula is C20H31N5O. The zero-order valence-electron chi connectivity index (χ0n) is 16.5. The molecule has 0 amide bonds. The monoisotopic (exact) mass is 357 g/mol. The zero-order valence-corrected chi connectivity index (χ0v) is 16.5. The second-order valence-corrected chi connectivity index (χ2v) is 5.73. The number of hydrazone groups is 1. The minimum Gasteiger partial charge on any atom is -0.356 e. The lowest BCUT2D eigenvalue weighted by atomic mass is 10.2. The number of anilines is 2. The summed E-state index contributed by atoms with van der Waals surface area (Å²) in [4.78, 5) is 20.7. The van der Waals surface area contributed by atoms with E-state index in [9.17, 15) is 4.79 Å². The normalized spacial score (nSPS) is 10.3. The van der Waals surface area contributed by atoms with Crippen LogP contribution in [0.5, 0.6) is 0 Å². The second-order valence-electron chi connectivity index (χ2n) is 5.73. The number of aromatic nitrogens is 2. The highest BCUT2D eigenvalue weighted by Gasteiger charge is 2.08. The molecule has 1 heterocycles. The highest BCUT2D eigenvalue weighted by molar-refractivity contribution is 5.78. The summed E-state index contributed by atoms with van der Waals surface area (Å²) in [5, 5.41) is 4.20. The molecule has 2 rings (SSSR count). The molecule has 0 radical (unpaired) electrons. The molecule has 0 fully saturated rings. The van der Waals surface area contributed by atoms with E-state index in [-0.39, 0.29) is 5.69 Å². The Balaban J connectivity index is 0.00000163. The molecule has 0 spiro atoms. The molecule has 0 aliphatic carbocycles. The standard InChI is InChI=1S/C18H25N5O.C2H6/c1-4-9-23(10-5-2)17-12-16(20-18(24)21-17)13-19-22-15-8-6-7-14(3)11-15;1-2/h6-8,11-13,22H,4-5,9-10H2,1-3H3,(H,20,21,24);1-2H3/b19-13+;. The number of nitrogens with one attached hydrogen (secondary N) is 2. The number of aromatic amines is 1. The molecule has 26 heavy (non-hydrogen) atoms. The van der Waals surface area contributed by atoms with E-state index in [2.05, 4.69) is 39.2 Å². The van der Waals surface area contributed by atoms with Gasteiger partial charge in [0.1, 0.15) is 5.82 Å². The molecule has 0 atom stereocenters. The fourth-order valence-electron chi connectivity index (χ4n) is 2.47. The molecule has 0 saturated heterocycles. The summed E-state index contributed by atoms with van der Waals surface area (Å²) < 4.78 is 0. The van der Waals surface area contributed by atoms with Crippen molar-refractivity contribution in [1.82, 2.24) is 9.97 Å². The predicted molar refractivity (Wildman–Crippen MR) is 111 cm³/mol. The summed E-state index contributed by atoms with van der Waals surface area (Å²) in [7, 11) is 0. The summed E-state index contributed by atoms with van der Waals surface area (Å²) in [5.74, 6) is 0.694. The molecule has 6 heteroatoms. The molecule has 0 unspecified atom stereocenters. The molecule has 0 bridgehead atoms. The number of nitrogens with zero attached hydrogens (tertiary/aromatic N) is 3. The van der Waals surface area contributed by atoms with Gasteiger partial charge in [0, 0.05) is 19.2 Å². The number of hydrogen-bond donors (Lipinski definition) is 2. The van der Waals surface area contributed by atoms with E-state index >= 15 is 0 Å². The summed E-state index contributed by atoms with van der Waals surface area (Å²) in [6, 6.07) is 9.79. The van der Waals surface area contributed by atoms with E-state index in [0.29, 0.717) is 11.5 Å². The first kappa shape index (κ1) is 21.4. The largest absolute Gasteiger partial charge is 0.356 e. The van der Waals surface area contributed by atoms with Gasteiger partial charge in [-0.1, -0.05) is 39.8 Å². The molecular weight excluding hydrogens is 326 g/mol. The van der Waals surface area contributed by atoms with E-state index in [0.717, 1.165) is 37.2 Å². The smallest absolute Gasteiger partial charge is 0.347 e. The highest BCUT2D eigenvalue weighted by atomic mass is 16.1. The van der Waals surface area contributed by atoms with Crippen molar-refractivity contribution >= 4 is 17.7 Å². The lowest BCUT2D eigenvalue weighted by Crippen LogP contribution is -2.28. The van der Waals surface area contributed by atoms with Crippen LogP contribution in [0, 0.1) is 6.92 Å². The summed E-state index contributed by atoms with van der Waals surface area (Å²) in [6.07, 6.45) is 3.62. The van der Waals surface area contributed by atoms with Gasteiger partial charge >= 0.3 is 5.69 Å². The molecule has 1 aromatic heterocycles. The minimum atomic E-state index is -0.360. The number of rotatable bonds is 8. The van der Waals surface area contributed by atoms with Gasteiger partial charge in [0.15, 0.2) is 0 Å². The van der Waals surface area contributed by atoms with Gasteiger partial charge in [-0.15, -0.1) is 0 Å². The molecule has 2 aromatic rings. The molecule has 0 aliphatic rings. The van der Waals surface area contributed by atoms with Crippen molar-refractivity contribution in [1.29, 1.82) is 0 Å². The minimum absolute atomic E-state index is 0.360. The Bertz CT molecular complexity index is 733. The van der Waals surface area contributed by atoms with Gasteiger partial charge in [-0.2, -0.15) is 10.1 Å². The van der Waals surface area contributed by atoms with Gasteiger partial charge in [-0.3, -0.25) is 5.43 Å². The Labute approximate surface area is 156 Å². The van der Waals surface area contributed by atoms with Crippen molar-refractivity contribution in [3.8, 4) is 0 Å². The van der Waals surface area contributed by atoms with E-state index in [4.69, 9.17) is 0 Å². The van der Waals surface area contributed by atoms with Crippen molar-refractivity contribution in [2.75, 3.05) is 23.4 Å². The van der Waals surface area contributed by atoms with Crippen LogP contribution in [0.25, 0.3) is 0 Å². The molecule has 0 aliphatic heterocycles. The summed E-state index contributed by atoms with van der Waals surface area (Å²) in [6.45, 7) is 12.0. The number of benzene rings is 1. The number of H-pyrrole nitrogens is 1. The quantitative estimate of drug-likeness (QED) is 0.549. The van der Waals surface area contributed by atoms with Crippen molar-refractivity contribution < 1.29 is 0 Å². The lowest BCUT2D eigenvalue weighted by Gasteiger charge is -2.22. The fourth-order valence-corrected chi connectivity index (χ4v) is 2.47. The van der Waals surface area contributed by atoms with E-state index < -0.39 is 0 Å². The van der Waals surface area contributed by atoms with Crippen LogP contribution in [0.3, 0.4) is 0 Å². The Morgan fingerprint density at radius 2 is 1.88 bits per heavy atom. The van der Waals surface area contributed by atoms with Crippen LogP contribution < -0.4 is 16.0 Å². The van der Waals surface area contributed by atoms with Crippen LogP contribution in [0.2, 0.25) is 0 Å². The molecule has 6 nitrogen and oxygen atoms in total. The average molecular weight is 358 g/mol. The maximum Gasteiger partial charge on any atom is 0.347 e. The molecule has 0 saturated carbocycles. The van der Waals surface area contributed by atoms with Gasteiger partial charge < -0.3 is 9.88 Å². The Hall–Kier alpha value is -2.63. The van der Waals surface area contributed by atoms with Crippen LogP contribution in [0.15, 0.2) is 40.2 Å². The van der Waals surface area contributed by atoms with Crippen molar-refractivity contribution in [3.05, 3.63) is 52.1 Å². The van der Waals surface area contributed by atoms with Crippen LogP contribution >= 0.6 is 0 Å². The second kappa shape index (κ2) is 11.8. The fraction of sp³-hybridized carbons (Fsp3) is 0.450. The van der Waals surface area contributed by atoms with Crippen molar-refractivity contribution in [2.24, 2.45) is 5.10 Å². The third-order valence-corrected chi connectivity index (χ3v) is 3.48. The average Bonchev–Trinajstić information content (AvgIpc) is 2.63. The van der Waals surface area contributed by atoms with E-state index in [1.165, 1.54) is 0 Å². The maximum absolute atomic E-state index is 11.8. The highest BCUT2D eigenvalue weighted by Crippen LogP contribution is 2.11. The SMILES string of the molecule is CC.CCCN(CCC)c1cc(/C=N/Nc2cccc(C)c2)[nH]c(=O)n1. The van der Waals surface area contributed by atoms with E-state index in [1.807, 2.05) is 51.1 Å². The zero-order chi connectivity index (χ0) is 19.4. The Morgan fingerprint density at radius 1 is 1.19 bits per heavy atom. The van der Waals surface area contributed by atoms with Gasteiger partial charge in [-0.05, 0) is 37.5 Å². The van der Waals surface area contributed by atoms with Crippen molar-refractivity contribution in [2.45, 2.75) is 47.5 Å². The first-order valence-electron chi connectivity index (χ1n) is 9.34. The van der Waals surface area contributed by atoms with Crippen LogP contribution in [0.1, 0.15) is 51.8 Å². The third kappa shape index (κ3) is 7.09. The summed E-state index contributed by atoms with van der Waals surface area (Å²) >= 11 is 0. The maximum atomic E-state index is 11.8. The third-order valence-electron chi connectivity index (χ3n) is 3.48. The van der Waals surface area contributed by atoms with E-state index in [1.54, 1.807) is 6.21 Å². The first-order valence-corrected chi connectivity index (χ1v) is 9.34. The molecule has 142 valence electrons. The Morgan fingerprint density at radius 3 is 2.50 bits per heavy atom. The predicted octanol–water partition coefficient (Wildman–Crippen LogP) is 4.18. The van der Waals surface area contributed by atoms with Gasteiger partial charge in [0.05, 0.1) is 17.6 Å². The van der Waals surface area contributed by atoms with Crippen LogP contribution in [-0.2, 0) is 0 Å².